The van der Waals surface area contributed by atoms with E-state index >= 15 is 0 Å². The first-order chi connectivity index (χ1) is 11.0. The van der Waals surface area contributed by atoms with Crippen LogP contribution in [0.15, 0.2) is 18.0 Å². The molecule has 1 aliphatic heterocycles. The summed E-state index contributed by atoms with van der Waals surface area (Å²) in [6.45, 7) is 4.60. The van der Waals surface area contributed by atoms with Crippen LogP contribution >= 0.6 is 11.3 Å². The van der Waals surface area contributed by atoms with Gasteiger partial charge in [0.1, 0.15) is 0 Å². The summed E-state index contributed by atoms with van der Waals surface area (Å²) in [6, 6.07) is 0. The zero-order valence-electron chi connectivity index (χ0n) is 12.9. The molecule has 1 saturated heterocycles. The Morgan fingerprint density at radius 3 is 2.91 bits per heavy atom. The smallest absolute Gasteiger partial charge is 0.305 e. The van der Waals surface area contributed by atoms with E-state index < -0.39 is 0 Å². The van der Waals surface area contributed by atoms with Gasteiger partial charge in [0.15, 0.2) is 5.13 Å². The number of hydrogen-bond donors (Lipinski definition) is 1. The number of methoxy groups -OCH3 is 1. The normalized spacial score (nSPS) is 14.0. The molecule has 8 heteroatoms. The molecule has 0 aliphatic carbocycles. The predicted octanol–water partition coefficient (Wildman–Crippen LogP) is 1.22. The Balaban J connectivity index is 1.72. The van der Waals surface area contributed by atoms with E-state index in [1.54, 1.807) is 4.90 Å². The van der Waals surface area contributed by atoms with Crippen molar-refractivity contribution in [1.29, 1.82) is 0 Å². The lowest BCUT2D eigenvalue weighted by Gasteiger charge is -2.38. The van der Waals surface area contributed by atoms with Gasteiger partial charge in [-0.15, -0.1) is 11.3 Å². The molecule has 2 rings (SSSR count). The standard InChI is InChI=1S/C15H19N3O4S/c1-3-13(20)18-7-10(8-18)6-12(19)17-15-16-11(9-23-15)4-5-14(21)22-2/h3,9-10H,1,4-8H2,2H3,(H,16,17,19). The number of aryl methyl sites for hydroxylation is 1. The van der Waals surface area contributed by atoms with Crippen LogP contribution < -0.4 is 5.32 Å². The summed E-state index contributed by atoms with van der Waals surface area (Å²) in [6.07, 6.45) is 2.39. The maximum absolute atomic E-state index is 11.9. The second-order valence-corrected chi connectivity index (χ2v) is 6.14. The van der Waals surface area contributed by atoms with Gasteiger partial charge >= 0.3 is 5.97 Å². The number of ether oxygens (including phenoxy) is 1. The van der Waals surface area contributed by atoms with Crippen LogP contribution in [0.2, 0.25) is 0 Å². The minimum Gasteiger partial charge on any atom is -0.469 e. The number of amides is 2. The minimum absolute atomic E-state index is 0.100. The number of nitrogens with one attached hydrogen (secondary N) is 1. The topological polar surface area (TPSA) is 88.6 Å². The average molecular weight is 337 g/mol. The molecular formula is C15H19N3O4S. The highest BCUT2D eigenvalue weighted by Crippen LogP contribution is 2.21. The Morgan fingerprint density at radius 1 is 1.52 bits per heavy atom. The number of likely N-dealkylation sites (tertiary alicyclic amines) is 1. The lowest BCUT2D eigenvalue weighted by molar-refractivity contribution is -0.140. The fourth-order valence-corrected chi connectivity index (χ4v) is 3.01. The van der Waals surface area contributed by atoms with E-state index in [2.05, 4.69) is 21.6 Å². The van der Waals surface area contributed by atoms with E-state index in [1.807, 2.05) is 5.38 Å². The molecule has 0 atom stereocenters. The third-order valence-electron chi connectivity index (χ3n) is 3.53. The average Bonchev–Trinajstić information content (AvgIpc) is 2.94. The van der Waals surface area contributed by atoms with Gasteiger partial charge in [-0.05, 0) is 6.08 Å². The molecule has 7 nitrogen and oxygen atoms in total. The number of anilines is 1. The number of carbonyl (C=O) groups is 3. The number of thiazole rings is 1. The van der Waals surface area contributed by atoms with E-state index in [0.717, 1.165) is 5.69 Å². The van der Waals surface area contributed by atoms with Crippen molar-refractivity contribution in [2.45, 2.75) is 19.3 Å². The van der Waals surface area contributed by atoms with Gasteiger partial charge in [0.25, 0.3) is 0 Å². The van der Waals surface area contributed by atoms with Crippen LogP contribution in [0.3, 0.4) is 0 Å². The summed E-state index contributed by atoms with van der Waals surface area (Å²) < 4.78 is 4.57. The Kier molecular flexibility index (Phi) is 5.86. The third kappa shape index (κ3) is 4.88. The minimum atomic E-state index is -0.285. The van der Waals surface area contributed by atoms with Gasteiger partial charge in [-0.1, -0.05) is 6.58 Å². The molecule has 1 fully saturated rings. The number of nitrogens with zero attached hydrogens (tertiary/aromatic N) is 2. The molecule has 2 heterocycles. The molecule has 0 aromatic carbocycles. The maximum Gasteiger partial charge on any atom is 0.305 e. The third-order valence-corrected chi connectivity index (χ3v) is 4.34. The first-order valence-corrected chi connectivity index (χ1v) is 8.12. The number of hydrogen-bond acceptors (Lipinski definition) is 6. The summed E-state index contributed by atoms with van der Waals surface area (Å²) in [5.74, 6) is -0.323. The molecule has 1 aromatic rings. The zero-order chi connectivity index (χ0) is 16.8. The van der Waals surface area contributed by atoms with Crippen molar-refractivity contribution >= 4 is 34.3 Å². The van der Waals surface area contributed by atoms with Crippen molar-refractivity contribution in [3.05, 3.63) is 23.7 Å². The van der Waals surface area contributed by atoms with Crippen LogP contribution in [0.25, 0.3) is 0 Å². The molecule has 23 heavy (non-hydrogen) atoms. The van der Waals surface area contributed by atoms with Crippen LogP contribution in [0.1, 0.15) is 18.5 Å². The maximum atomic E-state index is 11.9. The zero-order valence-corrected chi connectivity index (χ0v) is 13.7. The lowest BCUT2D eigenvalue weighted by Crippen LogP contribution is -2.50. The highest BCUT2D eigenvalue weighted by atomic mass is 32.1. The van der Waals surface area contributed by atoms with Gasteiger partial charge in [0, 0.05) is 37.2 Å². The second kappa shape index (κ2) is 7.87. The molecule has 2 amide bonds. The molecule has 1 aromatic heterocycles. The van der Waals surface area contributed by atoms with E-state index in [9.17, 15) is 14.4 Å². The van der Waals surface area contributed by atoms with Crippen molar-refractivity contribution in [2.75, 3.05) is 25.5 Å². The monoisotopic (exact) mass is 337 g/mol. The number of esters is 1. The summed E-state index contributed by atoms with van der Waals surface area (Å²) in [5, 5.41) is 5.08. The number of aromatic nitrogens is 1. The summed E-state index contributed by atoms with van der Waals surface area (Å²) in [4.78, 5) is 40.3. The first-order valence-electron chi connectivity index (χ1n) is 7.24. The molecular weight excluding hydrogens is 318 g/mol. The summed E-state index contributed by atoms with van der Waals surface area (Å²) in [5.41, 5.74) is 0.752. The number of rotatable bonds is 7. The predicted molar refractivity (Wildman–Crippen MR) is 86.0 cm³/mol. The molecule has 1 N–H and O–H groups in total. The van der Waals surface area contributed by atoms with Crippen LogP contribution in [0.4, 0.5) is 5.13 Å². The van der Waals surface area contributed by atoms with E-state index in [4.69, 9.17) is 0 Å². The van der Waals surface area contributed by atoms with Crippen molar-refractivity contribution in [3.8, 4) is 0 Å². The first kappa shape index (κ1) is 17.1. The van der Waals surface area contributed by atoms with Crippen molar-refractivity contribution < 1.29 is 19.1 Å². The second-order valence-electron chi connectivity index (χ2n) is 5.29. The van der Waals surface area contributed by atoms with E-state index in [1.165, 1.54) is 24.5 Å². The van der Waals surface area contributed by atoms with Crippen LogP contribution in [-0.2, 0) is 25.5 Å². The SMILES string of the molecule is C=CC(=O)N1CC(CC(=O)Nc2nc(CCC(=O)OC)cs2)C1. The highest BCUT2D eigenvalue weighted by molar-refractivity contribution is 7.13. The van der Waals surface area contributed by atoms with Gasteiger partial charge < -0.3 is 15.0 Å². The van der Waals surface area contributed by atoms with Crippen LogP contribution in [-0.4, -0.2) is 47.9 Å². The number of carbonyl (C=O) groups excluding carboxylic acids is 3. The Labute approximate surface area is 138 Å². The van der Waals surface area contributed by atoms with Gasteiger partial charge in [-0.25, -0.2) is 4.98 Å². The van der Waals surface area contributed by atoms with Crippen LogP contribution in [0.5, 0.6) is 0 Å². The fraction of sp³-hybridized carbons (Fsp3) is 0.467. The summed E-state index contributed by atoms with van der Waals surface area (Å²) in [7, 11) is 1.35. The van der Waals surface area contributed by atoms with E-state index in [-0.39, 0.29) is 30.1 Å². The molecule has 0 unspecified atom stereocenters. The van der Waals surface area contributed by atoms with Crippen molar-refractivity contribution in [2.24, 2.45) is 5.92 Å². The Hall–Kier alpha value is -2.22. The Bertz CT molecular complexity index is 608. The molecule has 0 bridgehead atoms. The molecule has 0 radical (unpaired) electrons. The molecule has 124 valence electrons. The van der Waals surface area contributed by atoms with Crippen molar-refractivity contribution in [1.82, 2.24) is 9.88 Å². The molecule has 0 saturated carbocycles. The summed E-state index contributed by atoms with van der Waals surface area (Å²) >= 11 is 1.33. The largest absolute Gasteiger partial charge is 0.469 e. The quantitative estimate of drug-likeness (QED) is 0.597. The van der Waals surface area contributed by atoms with Gasteiger partial charge in [0.05, 0.1) is 19.2 Å². The highest BCUT2D eigenvalue weighted by Gasteiger charge is 2.30. The van der Waals surface area contributed by atoms with Crippen molar-refractivity contribution in [3.63, 3.8) is 0 Å². The Morgan fingerprint density at radius 2 is 2.26 bits per heavy atom. The van der Waals surface area contributed by atoms with Crippen LogP contribution in [0, 0.1) is 5.92 Å². The molecule has 1 aliphatic rings. The van der Waals surface area contributed by atoms with Gasteiger partial charge in [-0.3, -0.25) is 14.4 Å². The van der Waals surface area contributed by atoms with E-state index in [0.29, 0.717) is 31.1 Å². The fourth-order valence-electron chi connectivity index (χ4n) is 2.25. The lowest BCUT2D eigenvalue weighted by atomic mass is 9.96. The van der Waals surface area contributed by atoms with Gasteiger partial charge in [-0.2, -0.15) is 0 Å². The van der Waals surface area contributed by atoms with Gasteiger partial charge in [0.2, 0.25) is 11.8 Å². The molecule has 0 spiro atoms.